The predicted octanol–water partition coefficient (Wildman–Crippen LogP) is 3.34. The molecule has 1 heterocycles. The summed E-state index contributed by atoms with van der Waals surface area (Å²) in [6.07, 6.45) is 2.22. The number of nitrogens with two attached hydrogens (primary N) is 1. The number of nitrogens with zero attached hydrogens (tertiary/aromatic N) is 2. The molecule has 1 unspecified atom stereocenters. The molecule has 0 radical (unpaired) electrons. The van der Waals surface area contributed by atoms with Crippen LogP contribution in [0, 0.1) is 0 Å². The first kappa shape index (κ1) is 22.7. The van der Waals surface area contributed by atoms with Gasteiger partial charge in [-0.15, -0.1) is 24.8 Å². The fraction of sp³-hybridized carbons (Fsp3) is 0.667. The summed E-state index contributed by atoms with van der Waals surface area (Å²) >= 11 is 0. The quantitative estimate of drug-likeness (QED) is 0.843. The van der Waals surface area contributed by atoms with Gasteiger partial charge in [0.05, 0.1) is 0 Å². The summed E-state index contributed by atoms with van der Waals surface area (Å²) in [6, 6.07) is 10.3. The van der Waals surface area contributed by atoms with Crippen LogP contribution in [0.3, 0.4) is 0 Å². The molecule has 0 bridgehead atoms. The Balaban J connectivity index is 0.00000242. The van der Waals surface area contributed by atoms with Crippen molar-refractivity contribution in [1.29, 1.82) is 0 Å². The van der Waals surface area contributed by atoms with Crippen LogP contribution in [0.5, 0.6) is 0 Å². The van der Waals surface area contributed by atoms with E-state index in [2.05, 4.69) is 54.8 Å². The molecular weight excluding hydrogens is 329 g/mol. The highest BCUT2D eigenvalue weighted by Gasteiger charge is 2.27. The van der Waals surface area contributed by atoms with E-state index in [9.17, 15) is 0 Å². The van der Waals surface area contributed by atoms with Crippen molar-refractivity contribution in [1.82, 2.24) is 9.80 Å². The molecule has 1 fully saturated rings. The molecule has 1 atom stereocenters. The van der Waals surface area contributed by atoms with Crippen LogP contribution in [-0.2, 0) is 13.0 Å². The fourth-order valence-electron chi connectivity index (χ4n) is 3.36. The summed E-state index contributed by atoms with van der Waals surface area (Å²) in [6.45, 7) is 12.3. The minimum atomic E-state index is 0. The van der Waals surface area contributed by atoms with Crippen LogP contribution in [0.1, 0.15) is 38.3 Å². The summed E-state index contributed by atoms with van der Waals surface area (Å²) in [5.74, 6) is 0. The minimum Gasteiger partial charge on any atom is -0.330 e. The maximum absolute atomic E-state index is 5.60. The average molecular weight is 362 g/mol. The first-order chi connectivity index (χ1) is 10.1. The Morgan fingerprint density at radius 2 is 1.70 bits per heavy atom. The van der Waals surface area contributed by atoms with Crippen molar-refractivity contribution in [3.8, 4) is 0 Å². The summed E-state index contributed by atoms with van der Waals surface area (Å²) in [4.78, 5) is 5.26. The van der Waals surface area contributed by atoms with Crippen molar-refractivity contribution in [2.24, 2.45) is 5.73 Å². The van der Waals surface area contributed by atoms with Gasteiger partial charge in [0.15, 0.2) is 0 Å². The second-order valence-electron chi connectivity index (χ2n) is 6.48. The molecule has 0 amide bonds. The van der Waals surface area contributed by atoms with Crippen LogP contribution in [0.15, 0.2) is 24.3 Å². The molecule has 23 heavy (non-hydrogen) atoms. The molecule has 3 nitrogen and oxygen atoms in total. The molecule has 0 aliphatic carbocycles. The molecule has 0 saturated carbocycles. The second-order valence-corrected chi connectivity index (χ2v) is 6.48. The van der Waals surface area contributed by atoms with Gasteiger partial charge < -0.3 is 5.73 Å². The van der Waals surface area contributed by atoms with Crippen molar-refractivity contribution in [2.45, 2.75) is 52.2 Å². The lowest BCUT2D eigenvalue weighted by molar-refractivity contribution is 0.0457. The van der Waals surface area contributed by atoms with E-state index < -0.39 is 0 Å². The maximum Gasteiger partial charge on any atom is 0.0234 e. The third-order valence-corrected chi connectivity index (χ3v) is 4.61. The van der Waals surface area contributed by atoms with Crippen LogP contribution in [0.4, 0.5) is 0 Å². The highest BCUT2D eigenvalue weighted by atomic mass is 35.5. The lowest BCUT2D eigenvalue weighted by atomic mass is 10.1. The number of hydrogen-bond acceptors (Lipinski definition) is 3. The Morgan fingerprint density at radius 3 is 2.22 bits per heavy atom. The lowest BCUT2D eigenvalue weighted by Crippen LogP contribution is -2.54. The number of halogens is 2. The van der Waals surface area contributed by atoms with Crippen LogP contribution in [0.25, 0.3) is 0 Å². The van der Waals surface area contributed by atoms with Gasteiger partial charge in [-0.1, -0.05) is 31.2 Å². The Labute approximate surface area is 154 Å². The zero-order valence-electron chi connectivity index (χ0n) is 14.7. The Hall–Kier alpha value is -0.320. The van der Waals surface area contributed by atoms with E-state index in [-0.39, 0.29) is 24.8 Å². The van der Waals surface area contributed by atoms with E-state index in [0.29, 0.717) is 12.1 Å². The van der Waals surface area contributed by atoms with Crippen LogP contribution >= 0.6 is 24.8 Å². The van der Waals surface area contributed by atoms with E-state index in [4.69, 9.17) is 5.73 Å². The first-order valence-corrected chi connectivity index (χ1v) is 8.40. The molecule has 0 spiro atoms. The van der Waals surface area contributed by atoms with Gasteiger partial charge in [-0.05, 0) is 44.4 Å². The van der Waals surface area contributed by atoms with Crippen molar-refractivity contribution >= 4 is 24.8 Å². The van der Waals surface area contributed by atoms with Crippen LogP contribution in [-0.4, -0.2) is 48.1 Å². The Morgan fingerprint density at radius 1 is 1.09 bits per heavy atom. The zero-order chi connectivity index (χ0) is 15.2. The molecule has 1 saturated heterocycles. The summed E-state index contributed by atoms with van der Waals surface area (Å²) in [5.41, 5.74) is 8.37. The molecule has 0 aromatic heterocycles. The topological polar surface area (TPSA) is 32.5 Å². The van der Waals surface area contributed by atoms with Crippen LogP contribution in [0.2, 0.25) is 0 Å². The van der Waals surface area contributed by atoms with Gasteiger partial charge in [0.1, 0.15) is 0 Å². The smallest absolute Gasteiger partial charge is 0.0234 e. The highest BCUT2D eigenvalue weighted by molar-refractivity contribution is 5.85. The van der Waals surface area contributed by atoms with E-state index in [1.165, 1.54) is 37.2 Å². The summed E-state index contributed by atoms with van der Waals surface area (Å²) in [5, 5.41) is 0. The second kappa shape index (κ2) is 11.3. The molecule has 2 rings (SSSR count). The predicted molar refractivity (Wildman–Crippen MR) is 105 cm³/mol. The summed E-state index contributed by atoms with van der Waals surface area (Å²) < 4.78 is 0. The van der Waals surface area contributed by atoms with E-state index in [0.717, 1.165) is 19.5 Å². The van der Waals surface area contributed by atoms with E-state index >= 15 is 0 Å². The fourth-order valence-corrected chi connectivity index (χ4v) is 3.36. The highest BCUT2D eigenvalue weighted by Crippen LogP contribution is 2.18. The SMILES string of the molecule is CCC1CN(Cc2ccc(CCN)cc2)CCN1C(C)C.Cl.Cl. The van der Waals surface area contributed by atoms with Gasteiger partial charge in [0.2, 0.25) is 0 Å². The molecule has 1 aromatic rings. The summed E-state index contributed by atoms with van der Waals surface area (Å²) in [7, 11) is 0. The van der Waals surface area contributed by atoms with E-state index in [1.807, 2.05) is 0 Å². The molecule has 1 aromatic carbocycles. The average Bonchev–Trinajstić information content (AvgIpc) is 2.49. The van der Waals surface area contributed by atoms with Gasteiger partial charge in [-0.3, -0.25) is 9.80 Å². The first-order valence-electron chi connectivity index (χ1n) is 8.40. The monoisotopic (exact) mass is 361 g/mol. The largest absolute Gasteiger partial charge is 0.330 e. The zero-order valence-corrected chi connectivity index (χ0v) is 16.3. The standard InChI is InChI=1S/C18H31N3.2ClH/c1-4-18-14-20(11-12-21(18)15(2)3)13-17-7-5-16(6-8-17)9-10-19;;/h5-8,15,18H,4,9-14,19H2,1-3H3;2*1H. The van der Waals surface area contributed by atoms with Gasteiger partial charge in [0, 0.05) is 38.3 Å². The molecule has 134 valence electrons. The van der Waals surface area contributed by atoms with Gasteiger partial charge in [-0.25, -0.2) is 0 Å². The molecule has 1 aliphatic rings. The third kappa shape index (κ3) is 6.60. The molecule has 2 N–H and O–H groups in total. The number of hydrogen-bond donors (Lipinski definition) is 1. The van der Waals surface area contributed by atoms with Crippen molar-refractivity contribution in [3.63, 3.8) is 0 Å². The van der Waals surface area contributed by atoms with Gasteiger partial charge >= 0.3 is 0 Å². The van der Waals surface area contributed by atoms with Crippen molar-refractivity contribution in [3.05, 3.63) is 35.4 Å². The number of benzene rings is 1. The molecule has 5 heteroatoms. The minimum absolute atomic E-state index is 0. The normalized spacial score (nSPS) is 19.3. The van der Waals surface area contributed by atoms with Crippen LogP contribution < -0.4 is 5.73 Å². The maximum atomic E-state index is 5.60. The Bertz CT molecular complexity index is 423. The van der Waals surface area contributed by atoms with Crippen molar-refractivity contribution in [2.75, 3.05) is 26.2 Å². The van der Waals surface area contributed by atoms with Gasteiger partial charge in [-0.2, -0.15) is 0 Å². The number of piperazine rings is 1. The third-order valence-electron chi connectivity index (χ3n) is 4.61. The lowest BCUT2D eigenvalue weighted by Gasteiger charge is -2.43. The van der Waals surface area contributed by atoms with Crippen molar-refractivity contribution < 1.29 is 0 Å². The molecule has 1 aliphatic heterocycles. The van der Waals surface area contributed by atoms with Gasteiger partial charge in [0.25, 0.3) is 0 Å². The number of rotatable bonds is 6. The van der Waals surface area contributed by atoms with E-state index in [1.54, 1.807) is 0 Å². The Kier molecular flexibility index (Phi) is 11.1. The molecular formula is C18H33Cl2N3.